The van der Waals surface area contributed by atoms with Crippen LogP contribution in [0.2, 0.25) is 0 Å². The van der Waals surface area contributed by atoms with Crippen molar-refractivity contribution in [2.24, 2.45) is 0 Å². The van der Waals surface area contributed by atoms with Crippen molar-refractivity contribution in [1.82, 2.24) is 0 Å². The van der Waals surface area contributed by atoms with Gasteiger partial charge in [-0.3, -0.25) is 4.79 Å². The molecule has 0 aromatic carbocycles. The van der Waals surface area contributed by atoms with Gasteiger partial charge in [0.15, 0.2) is 0 Å². The fourth-order valence-electron chi connectivity index (χ4n) is 1.41. The first kappa shape index (κ1) is 12.1. The molecule has 0 unspecified atom stereocenters. The number of thiophene rings is 1. The van der Waals surface area contributed by atoms with Crippen LogP contribution in [0.25, 0.3) is 0 Å². The lowest BCUT2D eigenvalue weighted by molar-refractivity contribution is 0.104. The molecule has 0 saturated heterocycles. The third-order valence-electron chi connectivity index (χ3n) is 2.18. The highest BCUT2D eigenvalue weighted by Crippen LogP contribution is 2.34. The van der Waals surface area contributed by atoms with E-state index in [2.05, 4.69) is 31.9 Å². The first-order valence-corrected chi connectivity index (χ1v) is 7.09. The molecule has 0 spiro atoms. The smallest absolute Gasteiger partial charge is 0.206 e. The summed E-state index contributed by atoms with van der Waals surface area (Å²) < 4.78 is 7.09. The maximum absolute atomic E-state index is 12.2. The van der Waals surface area contributed by atoms with Gasteiger partial charge in [-0.05, 0) is 44.0 Å². The van der Waals surface area contributed by atoms with Gasteiger partial charge in [-0.15, -0.1) is 11.3 Å². The number of hydrogen-bond acceptors (Lipinski definition) is 3. The maximum Gasteiger partial charge on any atom is 0.206 e. The number of halogens is 2. The minimum absolute atomic E-state index is 0.0157. The molecule has 5 heteroatoms. The maximum atomic E-state index is 12.2. The van der Waals surface area contributed by atoms with E-state index in [1.54, 1.807) is 12.3 Å². The molecule has 0 bridgehead atoms. The summed E-state index contributed by atoms with van der Waals surface area (Å²) in [6.07, 6.45) is 2.28. The second-order valence-electron chi connectivity index (χ2n) is 3.17. The van der Waals surface area contributed by atoms with Crippen molar-refractivity contribution in [3.63, 3.8) is 0 Å². The van der Waals surface area contributed by atoms with Crippen LogP contribution in [-0.4, -0.2) is 5.78 Å². The van der Waals surface area contributed by atoms with E-state index in [9.17, 15) is 4.79 Å². The summed E-state index contributed by atoms with van der Waals surface area (Å²) in [6.45, 7) is 1.97. The molecule has 0 aliphatic rings. The number of ketones is 1. The van der Waals surface area contributed by atoms with E-state index in [0.717, 1.165) is 20.4 Å². The first-order valence-electron chi connectivity index (χ1n) is 4.69. The Kier molecular flexibility index (Phi) is 3.66. The summed E-state index contributed by atoms with van der Waals surface area (Å²) in [5.74, 6) is 0.757. The van der Waals surface area contributed by atoms with E-state index >= 15 is 0 Å². The Hall–Kier alpha value is -0.390. The van der Waals surface area contributed by atoms with Crippen molar-refractivity contribution in [3.05, 3.63) is 42.9 Å². The number of hydrogen-bond donors (Lipinski definition) is 0. The van der Waals surface area contributed by atoms with Crippen LogP contribution in [0.5, 0.6) is 0 Å². The standard InChI is InChI=1S/C11H8Br2O2S/c1-2-8-6(3-4-15-8)10(14)9-5-7(12)11(13)16-9/h3-5H,2H2,1H3. The van der Waals surface area contributed by atoms with Gasteiger partial charge < -0.3 is 4.42 Å². The van der Waals surface area contributed by atoms with Crippen LogP contribution < -0.4 is 0 Å². The van der Waals surface area contributed by atoms with Crippen molar-refractivity contribution in [1.29, 1.82) is 0 Å². The van der Waals surface area contributed by atoms with Crippen molar-refractivity contribution in [2.45, 2.75) is 13.3 Å². The summed E-state index contributed by atoms with van der Waals surface area (Å²) in [6, 6.07) is 3.55. The zero-order valence-corrected chi connectivity index (χ0v) is 12.4. The van der Waals surface area contributed by atoms with Crippen molar-refractivity contribution < 1.29 is 9.21 Å². The van der Waals surface area contributed by atoms with Gasteiger partial charge in [-0.1, -0.05) is 6.92 Å². The third-order valence-corrected chi connectivity index (χ3v) is 5.44. The summed E-state index contributed by atoms with van der Waals surface area (Å²) in [5.41, 5.74) is 0.656. The van der Waals surface area contributed by atoms with E-state index in [4.69, 9.17) is 4.42 Å². The molecule has 0 fully saturated rings. The molecule has 0 aliphatic carbocycles. The normalized spacial score (nSPS) is 10.7. The van der Waals surface area contributed by atoms with E-state index in [1.807, 2.05) is 13.0 Å². The summed E-state index contributed by atoms with van der Waals surface area (Å²) in [7, 11) is 0. The molecule has 0 atom stereocenters. The number of furan rings is 1. The van der Waals surface area contributed by atoms with Gasteiger partial charge in [0.1, 0.15) is 5.76 Å². The molecule has 0 N–H and O–H groups in total. The second kappa shape index (κ2) is 4.85. The summed E-state index contributed by atoms with van der Waals surface area (Å²) in [4.78, 5) is 12.9. The zero-order valence-electron chi connectivity index (χ0n) is 8.42. The van der Waals surface area contributed by atoms with Crippen LogP contribution in [0.15, 0.2) is 31.1 Å². The molecule has 0 saturated carbocycles. The molecule has 2 aromatic rings. The third kappa shape index (κ3) is 2.17. The van der Waals surface area contributed by atoms with Gasteiger partial charge in [0.25, 0.3) is 0 Å². The molecule has 0 amide bonds. The van der Waals surface area contributed by atoms with Crippen LogP contribution in [0.1, 0.15) is 27.9 Å². The van der Waals surface area contributed by atoms with Crippen LogP contribution in [0, 0.1) is 0 Å². The largest absolute Gasteiger partial charge is 0.469 e. The van der Waals surface area contributed by atoms with Crippen LogP contribution >= 0.6 is 43.2 Å². The predicted molar refractivity (Wildman–Crippen MR) is 71.2 cm³/mol. The molecule has 16 heavy (non-hydrogen) atoms. The fraction of sp³-hybridized carbons (Fsp3) is 0.182. The zero-order chi connectivity index (χ0) is 11.7. The van der Waals surface area contributed by atoms with E-state index in [-0.39, 0.29) is 5.78 Å². The predicted octanol–water partition coefficient (Wildman–Crippen LogP) is 4.66. The molecule has 0 aliphatic heterocycles. The number of aryl methyl sites for hydroxylation is 1. The van der Waals surface area contributed by atoms with Crippen molar-refractivity contribution in [3.8, 4) is 0 Å². The Morgan fingerprint density at radius 1 is 1.50 bits per heavy atom. The molecular formula is C11H8Br2O2S. The lowest BCUT2D eigenvalue weighted by atomic mass is 10.1. The highest BCUT2D eigenvalue weighted by Gasteiger charge is 2.18. The summed E-state index contributed by atoms with van der Waals surface area (Å²) in [5, 5.41) is 0. The Labute approximate surface area is 114 Å². The van der Waals surface area contributed by atoms with Gasteiger partial charge in [0.2, 0.25) is 5.78 Å². The van der Waals surface area contributed by atoms with Crippen LogP contribution in [0.4, 0.5) is 0 Å². The first-order chi connectivity index (χ1) is 7.63. The highest BCUT2D eigenvalue weighted by molar-refractivity contribution is 9.13. The molecular weight excluding hydrogens is 356 g/mol. The fourth-order valence-corrected chi connectivity index (χ4v) is 3.40. The minimum atomic E-state index is 0.0157. The molecule has 2 rings (SSSR count). The Bertz CT molecular complexity index is 508. The lowest BCUT2D eigenvalue weighted by Crippen LogP contribution is -1.99. The van der Waals surface area contributed by atoms with Gasteiger partial charge in [-0.2, -0.15) is 0 Å². The van der Waals surface area contributed by atoms with E-state index < -0.39 is 0 Å². The molecule has 2 heterocycles. The molecule has 0 radical (unpaired) electrons. The summed E-state index contributed by atoms with van der Waals surface area (Å²) >= 11 is 8.17. The second-order valence-corrected chi connectivity index (χ2v) is 6.40. The Morgan fingerprint density at radius 2 is 2.25 bits per heavy atom. The Balaban J connectivity index is 2.39. The van der Waals surface area contributed by atoms with Crippen molar-refractivity contribution in [2.75, 3.05) is 0 Å². The van der Waals surface area contributed by atoms with Crippen molar-refractivity contribution >= 4 is 49.0 Å². The van der Waals surface area contributed by atoms with Crippen LogP contribution in [-0.2, 0) is 6.42 Å². The number of rotatable bonds is 3. The van der Waals surface area contributed by atoms with Gasteiger partial charge >= 0.3 is 0 Å². The molecule has 2 aromatic heterocycles. The van der Waals surface area contributed by atoms with Gasteiger partial charge in [0.05, 0.1) is 20.5 Å². The monoisotopic (exact) mass is 362 g/mol. The average Bonchev–Trinajstić information content (AvgIpc) is 2.85. The number of carbonyl (C=O) groups is 1. The van der Waals surface area contributed by atoms with Gasteiger partial charge in [0, 0.05) is 10.9 Å². The average molecular weight is 364 g/mol. The van der Waals surface area contributed by atoms with Gasteiger partial charge in [-0.25, -0.2) is 0 Å². The highest BCUT2D eigenvalue weighted by atomic mass is 79.9. The lowest BCUT2D eigenvalue weighted by Gasteiger charge is -1.96. The minimum Gasteiger partial charge on any atom is -0.469 e. The molecule has 84 valence electrons. The van der Waals surface area contributed by atoms with Crippen LogP contribution in [0.3, 0.4) is 0 Å². The quantitative estimate of drug-likeness (QED) is 0.742. The van der Waals surface area contributed by atoms with E-state index in [1.165, 1.54) is 11.3 Å². The van der Waals surface area contributed by atoms with E-state index in [0.29, 0.717) is 10.4 Å². The Morgan fingerprint density at radius 3 is 2.81 bits per heavy atom. The SMILES string of the molecule is CCc1occc1C(=O)c1cc(Br)c(Br)s1. The molecule has 2 nitrogen and oxygen atoms in total. The topological polar surface area (TPSA) is 30.2 Å². The number of carbonyl (C=O) groups excluding carboxylic acids is 1.